The molecule has 0 bridgehead atoms. The molecule has 0 amide bonds. The summed E-state index contributed by atoms with van der Waals surface area (Å²) in [6, 6.07) is 0.893. The zero-order valence-corrected chi connectivity index (χ0v) is 9.69. The Kier molecular flexibility index (Phi) is 2.32. The van der Waals surface area contributed by atoms with Crippen molar-refractivity contribution < 1.29 is 34.7 Å². The second-order valence-electron chi connectivity index (χ2n) is 4.14. The van der Waals surface area contributed by atoms with Gasteiger partial charge in [0, 0.05) is 6.08 Å². The monoisotopic (exact) mass is 280 g/mol. The van der Waals surface area contributed by atoms with Gasteiger partial charge in [0.05, 0.1) is 10.8 Å². The molecule has 0 spiro atoms. The van der Waals surface area contributed by atoms with Gasteiger partial charge >= 0.3 is 5.63 Å². The summed E-state index contributed by atoms with van der Waals surface area (Å²) in [5.74, 6) is -3.41. The first-order valence-corrected chi connectivity index (χ1v) is 5.40. The first-order chi connectivity index (χ1) is 9.40. The summed E-state index contributed by atoms with van der Waals surface area (Å²) in [7, 11) is 0. The highest BCUT2D eigenvalue weighted by Gasteiger charge is 2.28. The quantitative estimate of drug-likeness (QED) is 0.440. The molecule has 0 aliphatic carbocycles. The third-order valence-corrected chi connectivity index (χ3v) is 2.89. The van der Waals surface area contributed by atoms with Crippen molar-refractivity contribution in [3.05, 3.63) is 28.0 Å². The molecule has 0 fully saturated rings. The fourth-order valence-corrected chi connectivity index (χ4v) is 1.95. The Balaban J connectivity index is 2.51. The molecule has 1 aromatic carbocycles. The van der Waals surface area contributed by atoms with E-state index in [1.165, 1.54) is 0 Å². The summed E-state index contributed by atoms with van der Waals surface area (Å²) >= 11 is 0. The number of phenols is 3. The number of hydrogen-bond acceptors (Lipinski definition) is 8. The zero-order valence-electron chi connectivity index (χ0n) is 9.69. The van der Waals surface area contributed by atoms with Crippen LogP contribution in [0, 0.1) is 0 Å². The van der Waals surface area contributed by atoms with E-state index in [-0.39, 0.29) is 22.3 Å². The number of phenolic OH excluding ortho intramolecular Hbond substituents is 3. The van der Waals surface area contributed by atoms with Gasteiger partial charge in [-0.2, -0.15) is 0 Å². The van der Waals surface area contributed by atoms with Crippen LogP contribution in [0.15, 0.2) is 21.0 Å². The van der Waals surface area contributed by atoms with Crippen molar-refractivity contribution in [1.82, 2.24) is 0 Å². The third-order valence-electron chi connectivity index (χ3n) is 2.89. The van der Waals surface area contributed by atoms with Gasteiger partial charge in [-0.25, -0.2) is 4.79 Å². The predicted molar refractivity (Wildman–Crippen MR) is 64.7 cm³/mol. The molecule has 2 heterocycles. The van der Waals surface area contributed by atoms with Crippen LogP contribution in [-0.4, -0.2) is 31.8 Å². The van der Waals surface area contributed by atoms with Crippen LogP contribution in [0.1, 0.15) is 5.76 Å². The third kappa shape index (κ3) is 1.48. The highest BCUT2D eigenvalue weighted by atomic mass is 16.6. The Morgan fingerprint density at radius 3 is 2.50 bits per heavy atom. The molecule has 0 saturated heterocycles. The molecular weight excluding hydrogens is 272 g/mol. The highest BCUT2D eigenvalue weighted by Crippen LogP contribution is 2.46. The van der Waals surface area contributed by atoms with Gasteiger partial charge in [-0.05, 0) is 6.07 Å². The fourth-order valence-electron chi connectivity index (χ4n) is 1.95. The van der Waals surface area contributed by atoms with Crippen molar-refractivity contribution in [2.24, 2.45) is 0 Å². The summed E-state index contributed by atoms with van der Waals surface area (Å²) < 4.78 is 9.79. The Labute approximate surface area is 110 Å². The molecule has 5 N–H and O–H groups in total. The lowest BCUT2D eigenvalue weighted by atomic mass is 10.1. The predicted octanol–water partition coefficient (Wildman–Crippen LogP) is 0.519. The summed E-state index contributed by atoms with van der Waals surface area (Å²) in [6.07, 6.45) is -0.748. The smallest absolute Gasteiger partial charge is 0.344 e. The largest absolute Gasteiger partial charge is 0.506 e. The van der Waals surface area contributed by atoms with Gasteiger partial charge in [-0.1, -0.05) is 0 Å². The number of rotatable bonds is 0. The van der Waals surface area contributed by atoms with Gasteiger partial charge in [0.1, 0.15) is 0 Å². The van der Waals surface area contributed by atoms with Crippen LogP contribution in [-0.2, 0) is 0 Å². The van der Waals surface area contributed by atoms with Gasteiger partial charge in [-0.3, -0.25) is 0 Å². The summed E-state index contributed by atoms with van der Waals surface area (Å²) in [5, 5.41) is 47.0. The topological polar surface area (TPSA) is 141 Å². The van der Waals surface area contributed by atoms with Gasteiger partial charge in [0.25, 0.3) is 6.29 Å². The molecule has 2 aromatic rings. The van der Waals surface area contributed by atoms with Crippen LogP contribution in [0.3, 0.4) is 0 Å². The Hall–Kier alpha value is -2.87. The minimum atomic E-state index is -1.70. The van der Waals surface area contributed by atoms with E-state index in [0.29, 0.717) is 0 Å². The lowest BCUT2D eigenvalue weighted by Gasteiger charge is -2.20. The molecule has 3 rings (SSSR count). The van der Waals surface area contributed by atoms with Gasteiger partial charge in [-0.15, -0.1) is 0 Å². The normalized spacial score (nSPS) is 17.4. The average molecular weight is 280 g/mol. The molecule has 1 unspecified atom stereocenters. The Bertz CT molecular complexity index is 817. The first kappa shape index (κ1) is 12.2. The minimum Gasteiger partial charge on any atom is -0.506 e. The number of aliphatic hydroxyl groups excluding tert-OH is 2. The molecule has 1 atom stereocenters. The molecule has 20 heavy (non-hydrogen) atoms. The average Bonchev–Trinajstić information content (AvgIpc) is 2.39. The minimum absolute atomic E-state index is 0.231. The SMILES string of the molecule is O=c1oc2c(c3c(O)c(O)c(O)cc13)OC(O)C(O)=C2. The summed E-state index contributed by atoms with van der Waals surface area (Å²) in [4.78, 5) is 11.8. The number of ether oxygens (including phenoxy) is 1. The Morgan fingerprint density at radius 2 is 1.80 bits per heavy atom. The molecule has 104 valence electrons. The Morgan fingerprint density at radius 1 is 1.10 bits per heavy atom. The molecule has 1 aromatic heterocycles. The van der Waals surface area contributed by atoms with Crippen LogP contribution in [0.2, 0.25) is 0 Å². The molecule has 1 aliphatic heterocycles. The zero-order chi connectivity index (χ0) is 14.6. The van der Waals surface area contributed by atoms with E-state index in [1.54, 1.807) is 0 Å². The van der Waals surface area contributed by atoms with Crippen molar-refractivity contribution in [2.75, 3.05) is 0 Å². The number of hydrogen-bond donors (Lipinski definition) is 5. The summed E-state index contributed by atoms with van der Waals surface area (Å²) in [6.45, 7) is 0. The fraction of sp³-hybridized carbons (Fsp3) is 0.0833. The molecular formula is C12H8O8. The summed E-state index contributed by atoms with van der Waals surface area (Å²) in [5.41, 5.74) is -0.923. The second kappa shape index (κ2) is 3.81. The van der Waals surface area contributed by atoms with Gasteiger partial charge < -0.3 is 34.7 Å². The maximum atomic E-state index is 11.8. The molecule has 1 aliphatic rings. The molecule has 0 radical (unpaired) electrons. The number of benzene rings is 1. The van der Waals surface area contributed by atoms with Crippen LogP contribution < -0.4 is 10.4 Å². The molecule has 8 nitrogen and oxygen atoms in total. The van der Waals surface area contributed by atoms with Crippen LogP contribution in [0.4, 0.5) is 0 Å². The maximum Gasteiger partial charge on any atom is 0.344 e. The van der Waals surface area contributed by atoms with Gasteiger partial charge in [0.15, 0.2) is 28.8 Å². The van der Waals surface area contributed by atoms with Crippen molar-refractivity contribution in [3.8, 4) is 23.0 Å². The first-order valence-electron chi connectivity index (χ1n) is 5.40. The van der Waals surface area contributed by atoms with Crippen molar-refractivity contribution in [1.29, 1.82) is 0 Å². The van der Waals surface area contributed by atoms with E-state index in [2.05, 4.69) is 0 Å². The number of aromatic hydroxyl groups is 3. The standard InChI is InChI=1S/C12H8O8/c13-4-1-3-7(9(16)8(4)15)10-6(19-11(3)17)2-5(14)12(18)20-10/h1-2,12-16,18H. The lowest BCUT2D eigenvalue weighted by molar-refractivity contribution is -0.0187. The molecule has 0 saturated carbocycles. The van der Waals surface area contributed by atoms with Crippen molar-refractivity contribution >= 4 is 16.8 Å². The van der Waals surface area contributed by atoms with Crippen LogP contribution >= 0.6 is 0 Å². The van der Waals surface area contributed by atoms with E-state index in [0.717, 1.165) is 12.1 Å². The van der Waals surface area contributed by atoms with E-state index in [4.69, 9.17) is 9.15 Å². The van der Waals surface area contributed by atoms with E-state index < -0.39 is 34.9 Å². The number of fused-ring (bicyclic) bond motifs is 3. The van der Waals surface area contributed by atoms with E-state index in [1.807, 2.05) is 0 Å². The van der Waals surface area contributed by atoms with Gasteiger partial charge in [0.2, 0.25) is 5.75 Å². The highest BCUT2D eigenvalue weighted by molar-refractivity contribution is 5.98. The maximum absolute atomic E-state index is 11.8. The van der Waals surface area contributed by atoms with E-state index >= 15 is 0 Å². The van der Waals surface area contributed by atoms with Crippen LogP contribution in [0.5, 0.6) is 23.0 Å². The number of aliphatic hydroxyl groups is 2. The lowest BCUT2D eigenvalue weighted by Crippen LogP contribution is -2.22. The van der Waals surface area contributed by atoms with Crippen molar-refractivity contribution in [2.45, 2.75) is 6.29 Å². The van der Waals surface area contributed by atoms with E-state index in [9.17, 15) is 30.3 Å². The van der Waals surface area contributed by atoms with Crippen molar-refractivity contribution in [3.63, 3.8) is 0 Å². The second-order valence-corrected chi connectivity index (χ2v) is 4.14. The molecule has 8 heteroatoms. The van der Waals surface area contributed by atoms with Crippen LogP contribution in [0.25, 0.3) is 16.8 Å².